The van der Waals surface area contributed by atoms with Crippen LogP contribution in [0.15, 0.2) is 54.9 Å². The zero-order valence-corrected chi connectivity index (χ0v) is 18.1. The third-order valence-corrected chi connectivity index (χ3v) is 7.13. The van der Waals surface area contributed by atoms with Gasteiger partial charge >= 0.3 is 0 Å². The van der Waals surface area contributed by atoms with Gasteiger partial charge in [-0.2, -0.15) is 0 Å². The second-order valence-corrected chi connectivity index (χ2v) is 9.08. The van der Waals surface area contributed by atoms with Gasteiger partial charge in [-0.25, -0.2) is 14.4 Å². The maximum Gasteiger partial charge on any atom is 0.225 e. The van der Waals surface area contributed by atoms with Crippen LogP contribution in [-0.2, 0) is 11.3 Å². The first-order valence-electron chi connectivity index (χ1n) is 10.5. The Morgan fingerprint density at radius 3 is 2.68 bits per heavy atom. The Hall–Kier alpha value is -3.06. The monoisotopic (exact) mass is 434 g/mol. The number of carbonyl (C=O) groups is 1. The highest BCUT2D eigenvalue weighted by molar-refractivity contribution is 7.26. The first-order chi connectivity index (χ1) is 15.1. The average molecular weight is 435 g/mol. The largest absolute Gasteiger partial charge is 0.355 e. The summed E-state index contributed by atoms with van der Waals surface area (Å²) < 4.78 is 16.2. The minimum Gasteiger partial charge on any atom is -0.355 e. The number of rotatable bonds is 4. The van der Waals surface area contributed by atoms with Crippen molar-refractivity contribution in [2.45, 2.75) is 19.4 Å². The number of hydrogen-bond donors (Lipinski definition) is 0. The number of fused-ring (bicyclic) bond motifs is 3. The third kappa shape index (κ3) is 3.74. The molecule has 5 rings (SSSR count). The molecule has 1 aliphatic heterocycles. The van der Waals surface area contributed by atoms with E-state index in [1.165, 1.54) is 23.7 Å². The van der Waals surface area contributed by atoms with Crippen LogP contribution in [0.3, 0.4) is 0 Å². The van der Waals surface area contributed by atoms with Crippen molar-refractivity contribution >= 4 is 43.4 Å². The number of carbonyl (C=O) groups excluding carboxylic acids is 1. The number of benzene rings is 2. The van der Waals surface area contributed by atoms with Crippen LogP contribution in [0.4, 0.5) is 10.2 Å². The molecule has 0 saturated carbocycles. The van der Waals surface area contributed by atoms with Gasteiger partial charge in [-0.1, -0.05) is 36.4 Å². The maximum atomic E-state index is 14.4. The number of aromatic nitrogens is 2. The van der Waals surface area contributed by atoms with Crippen molar-refractivity contribution in [3.8, 4) is 0 Å². The molecule has 0 atom stereocenters. The molecule has 0 bridgehead atoms. The number of amides is 1. The highest BCUT2D eigenvalue weighted by atomic mass is 32.1. The van der Waals surface area contributed by atoms with E-state index in [1.807, 2.05) is 48.3 Å². The van der Waals surface area contributed by atoms with E-state index in [2.05, 4.69) is 14.9 Å². The minimum absolute atomic E-state index is 0.0159. The lowest BCUT2D eigenvalue weighted by Gasteiger charge is -2.34. The van der Waals surface area contributed by atoms with Gasteiger partial charge in [-0.15, -0.1) is 11.3 Å². The zero-order valence-electron chi connectivity index (χ0n) is 17.3. The Labute approximate surface area is 184 Å². The summed E-state index contributed by atoms with van der Waals surface area (Å²) in [6, 6.07) is 15.2. The summed E-state index contributed by atoms with van der Waals surface area (Å²) in [4.78, 5) is 25.9. The van der Waals surface area contributed by atoms with Gasteiger partial charge in [0.25, 0.3) is 0 Å². The number of thiophene rings is 1. The van der Waals surface area contributed by atoms with Gasteiger partial charge in [0.15, 0.2) is 0 Å². The average Bonchev–Trinajstić information content (AvgIpc) is 3.19. The Bertz CT molecular complexity index is 1230. The lowest BCUT2D eigenvalue weighted by atomic mass is 9.95. The summed E-state index contributed by atoms with van der Waals surface area (Å²) in [7, 11) is 1.88. The van der Waals surface area contributed by atoms with Crippen LogP contribution < -0.4 is 4.90 Å². The van der Waals surface area contributed by atoms with E-state index in [-0.39, 0.29) is 17.6 Å². The smallest absolute Gasteiger partial charge is 0.225 e. The zero-order chi connectivity index (χ0) is 21.4. The van der Waals surface area contributed by atoms with Gasteiger partial charge < -0.3 is 9.80 Å². The molecule has 0 unspecified atom stereocenters. The van der Waals surface area contributed by atoms with E-state index in [9.17, 15) is 9.18 Å². The highest BCUT2D eigenvalue weighted by Crippen LogP contribution is 2.39. The molecular weight excluding hydrogens is 411 g/mol. The molecule has 158 valence electrons. The van der Waals surface area contributed by atoms with Crippen LogP contribution in [0.5, 0.6) is 0 Å². The molecule has 1 aliphatic rings. The topological polar surface area (TPSA) is 49.3 Å². The summed E-state index contributed by atoms with van der Waals surface area (Å²) in [6.45, 7) is 2.12. The molecular formula is C24H23FN4OS. The van der Waals surface area contributed by atoms with E-state index in [1.54, 1.807) is 6.07 Å². The van der Waals surface area contributed by atoms with Crippen molar-refractivity contribution < 1.29 is 9.18 Å². The molecule has 3 heterocycles. The standard InChI is InChI=1S/C24H23FN4OS/c1-28(14-16-6-3-2-4-7-16)24(30)17-10-12-29(13-11-17)23-22-21(26-15-27-23)20-18(25)8-5-9-19(20)31-22/h2-9,15,17H,10-14H2,1H3. The van der Waals surface area contributed by atoms with E-state index in [0.717, 1.165) is 46.7 Å². The second-order valence-electron chi connectivity index (χ2n) is 8.03. The van der Waals surface area contributed by atoms with Crippen molar-refractivity contribution in [3.05, 3.63) is 66.2 Å². The molecule has 1 amide bonds. The fraction of sp³-hybridized carbons (Fsp3) is 0.292. The predicted molar refractivity (Wildman–Crippen MR) is 123 cm³/mol. The van der Waals surface area contributed by atoms with Gasteiger partial charge in [0.05, 0.1) is 15.6 Å². The third-order valence-electron chi connectivity index (χ3n) is 5.99. The number of hydrogen-bond acceptors (Lipinski definition) is 5. The van der Waals surface area contributed by atoms with Crippen LogP contribution in [0.25, 0.3) is 20.3 Å². The van der Waals surface area contributed by atoms with Gasteiger partial charge in [-0.3, -0.25) is 4.79 Å². The van der Waals surface area contributed by atoms with Crippen LogP contribution in [0, 0.1) is 11.7 Å². The summed E-state index contributed by atoms with van der Waals surface area (Å²) in [5, 5.41) is 0.568. The number of nitrogens with zero attached hydrogens (tertiary/aromatic N) is 4. The van der Waals surface area contributed by atoms with Crippen LogP contribution in [0.1, 0.15) is 18.4 Å². The quantitative estimate of drug-likeness (QED) is 0.460. The summed E-state index contributed by atoms with van der Waals surface area (Å²) >= 11 is 1.53. The van der Waals surface area contributed by atoms with Crippen molar-refractivity contribution in [1.29, 1.82) is 0 Å². The molecule has 4 aromatic rings. The SMILES string of the molecule is CN(Cc1ccccc1)C(=O)C1CCN(c2ncnc3c2sc2cccc(F)c23)CC1. The lowest BCUT2D eigenvalue weighted by molar-refractivity contribution is -0.135. The predicted octanol–water partition coefficient (Wildman–Crippen LogP) is 4.86. The fourth-order valence-electron chi connectivity index (χ4n) is 4.38. The first kappa shape index (κ1) is 19.9. The van der Waals surface area contributed by atoms with Gasteiger partial charge in [-0.05, 0) is 30.5 Å². The van der Waals surface area contributed by atoms with Gasteiger partial charge in [0.2, 0.25) is 5.91 Å². The molecule has 2 aromatic carbocycles. The van der Waals surface area contributed by atoms with Crippen LogP contribution in [-0.4, -0.2) is 40.9 Å². The Morgan fingerprint density at radius 2 is 1.90 bits per heavy atom. The van der Waals surface area contributed by atoms with E-state index in [0.29, 0.717) is 17.4 Å². The van der Waals surface area contributed by atoms with Crippen molar-refractivity contribution in [3.63, 3.8) is 0 Å². The lowest BCUT2D eigenvalue weighted by Crippen LogP contribution is -2.41. The molecule has 2 aromatic heterocycles. The second kappa shape index (κ2) is 8.23. The molecule has 0 N–H and O–H groups in total. The van der Waals surface area contributed by atoms with Crippen molar-refractivity contribution in [1.82, 2.24) is 14.9 Å². The first-order valence-corrected chi connectivity index (χ1v) is 11.3. The minimum atomic E-state index is -0.251. The Morgan fingerprint density at radius 1 is 1.13 bits per heavy atom. The van der Waals surface area contributed by atoms with Crippen LogP contribution >= 0.6 is 11.3 Å². The maximum absolute atomic E-state index is 14.4. The highest BCUT2D eigenvalue weighted by Gasteiger charge is 2.29. The molecule has 0 aliphatic carbocycles. The molecule has 31 heavy (non-hydrogen) atoms. The van der Waals surface area contributed by atoms with E-state index >= 15 is 0 Å². The summed E-state index contributed by atoms with van der Waals surface area (Å²) in [5.74, 6) is 0.802. The van der Waals surface area contributed by atoms with Crippen molar-refractivity contribution in [2.75, 3.05) is 25.0 Å². The number of piperidine rings is 1. The molecule has 5 nitrogen and oxygen atoms in total. The van der Waals surface area contributed by atoms with Crippen LogP contribution in [0.2, 0.25) is 0 Å². The number of halogens is 1. The van der Waals surface area contributed by atoms with Crippen molar-refractivity contribution in [2.24, 2.45) is 5.92 Å². The van der Waals surface area contributed by atoms with Gasteiger partial charge in [0.1, 0.15) is 18.0 Å². The summed E-state index contributed by atoms with van der Waals surface area (Å²) in [5.41, 5.74) is 1.81. The molecule has 7 heteroatoms. The molecule has 0 spiro atoms. The summed E-state index contributed by atoms with van der Waals surface area (Å²) in [6.07, 6.45) is 3.08. The van der Waals surface area contributed by atoms with E-state index < -0.39 is 0 Å². The molecule has 0 radical (unpaired) electrons. The van der Waals surface area contributed by atoms with E-state index in [4.69, 9.17) is 0 Å². The molecule has 1 fully saturated rings. The normalized spacial score (nSPS) is 15.0. The Kier molecular flexibility index (Phi) is 5.28. The molecule has 1 saturated heterocycles. The number of anilines is 1. The van der Waals surface area contributed by atoms with Gasteiger partial charge in [0, 0.05) is 37.3 Å². The Balaban J connectivity index is 1.31. The fourth-order valence-corrected chi connectivity index (χ4v) is 5.56.